The summed E-state index contributed by atoms with van der Waals surface area (Å²) in [6, 6.07) is 4.32. The van der Waals surface area contributed by atoms with Crippen LogP contribution < -0.4 is 5.32 Å². The minimum atomic E-state index is 0.490. The third-order valence-corrected chi connectivity index (χ3v) is 5.17. The second-order valence-electron chi connectivity index (χ2n) is 6.74. The van der Waals surface area contributed by atoms with Crippen molar-refractivity contribution in [3.05, 3.63) is 22.4 Å². The van der Waals surface area contributed by atoms with E-state index in [1.54, 1.807) is 0 Å². The fraction of sp³-hybridized carbons (Fsp3) is 0.750. The van der Waals surface area contributed by atoms with Gasteiger partial charge in [0.25, 0.3) is 0 Å². The molecule has 0 amide bonds. The average molecular weight is 280 g/mol. The molecule has 1 aliphatic heterocycles. The molecular formula is C16H28N2S. The van der Waals surface area contributed by atoms with Gasteiger partial charge >= 0.3 is 0 Å². The smallest absolute Gasteiger partial charge is 0.0300 e. The van der Waals surface area contributed by atoms with Crippen LogP contribution in [0, 0.1) is 11.3 Å². The Balaban J connectivity index is 1.58. The molecule has 2 nitrogen and oxygen atoms in total. The maximum atomic E-state index is 3.55. The Labute approximate surface area is 122 Å². The monoisotopic (exact) mass is 280 g/mol. The Morgan fingerprint density at radius 1 is 1.32 bits per heavy atom. The summed E-state index contributed by atoms with van der Waals surface area (Å²) in [6.45, 7) is 13.0. The third-order valence-electron chi connectivity index (χ3n) is 4.30. The highest BCUT2D eigenvalue weighted by Crippen LogP contribution is 2.33. The lowest BCUT2D eigenvalue weighted by molar-refractivity contribution is 0.113. The van der Waals surface area contributed by atoms with Gasteiger partial charge in [0.1, 0.15) is 0 Å². The Bertz CT molecular complexity index is 345. The van der Waals surface area contributed by atoms with Crippen LogP contribution in [0.25, 0.3) is 0 Å². The summed E-state index contributed by atoms with van der Waals surface area (Å²) in [7, 11) is 0. The summed E-state index contributed by atoms with van der Waals surface area (Å²) in [6.07, 6.45) is 2.74. The van der Waals surface area contributed by atoms with E-state index >= 15 is 0 Å². The van der Waals surface area contributed by atoms with Crippen LogP contribution in [-0.4, -0.2) is 31.1 Å². The molecule has 0 aliphatic carbocycles. The van der Waals surface area contributed by atoms with Crippen molar-refractivity contribution >= 4 is 11.3 Å². The molecule has 0 unspecified atom stereocenters. The highest BCUT2D eigenvalue weighted by Gasteiger charge is 2.28. The molecule has 19 heavy (non-hydrogen) atoms. The van der Waals surface area contributed by atoms with E-state index in [2.05, 4.69) is 48.5 Å². The molecule has 1 N–H and O–H groups in total. The van der Waals surface area contributed by atoms with E-state index in [0.29, 0.717) is 5.41 Å². The maximum Gasteiger partial charge on any atom is 0.0300 e. The Hall–Kier alpha value is -0.380. The molecule has 0 aromatic carbocycles. The lowest BCUT2D eigenvalue weighted by Crippen LogP contribution is -2.40. The zero-order valence-corrected chi connectivity index (χ0v) is 13.4. The van der Waals surface area contributed by atoms with Crippen LogP contribution >= 0.6 is 11.3 Å². The summed E-state index contributed by atoms with van der Waals surface area (Å²) in [5.41, 5.74) is 0.490. The van der Waals surface area contributed by atoms with Gasteiger partial charge in [-0.3, -0.25) is 0 Å². The van der Waals surface area contributed by atoms with E-state index in [9.17, 15) is 0 Å². The van der Waals surface area contributed by atoms with Crippen molar-refractivity contribution in [3.63, 3.8) is 0 Å². The molecule has 2 heterocycles. The molecule has 108 valence electrons. The molecule has 0 bridgehead atoms. The minimum Gasteiger partial charge on any atom is -0.311 e. The number of hydrogen-bond acceptors (Lipinski definition) is 3. The van der Waals surface area contributed by atoms with Gasteiger partial charge in [0.05, 0.1) is 0 Å². The molecule has 0 saturated carbocycles. The van der Waals surface area contributed by atoms with Crippen LogP contribution in [0.1, 0.15) is 38.5 Å². The summed E-state index contributed by atoms with van der Waals surface area (Å²) >= 11 is 1.84. The van der Waals surface area contributed by atoms with Crippen LogP contribution in [0.2, 0.25) is 0 Å². The lowest BCUT2D eigenvalue weighted by Gasteiger charge is -2.38. The van der Waals surface area contributed by atoms with Gasteiger partial charge in [-0.15, -0.1) is 11.3 Å². The number of likely N-dealkylation sites (tertiary alicyclic amines) is 1. The SMILES string of the molecule is CC(C)(C)C1CCN(CCNCc2cccs2)CC1. The highest BCUT2D eigenvalue weighted by molar-refractivity contribution is 7.09. The van der Waals surface area contributed by atoms with Crippen molar-refractivity contribution in [1.82, 2.24) is 10.2 Å². The molecule has 1 aromatic heterocycles. The molecule has 2 rings (SSSR count). The molecule has 3 heteroatoms. The van der Waals surface area contributed by atoms with Gasteiger partial charge in [-0.05, 0) is 48.7 Å². The van der Waals surface area contributed by atoms with Crippen molar-refractivity contribution in [2.45, 2.75) is 40.2 Å². The minimum absolute atomic E-state index is 0.490. The standard InChI is InChI=1S/C16H28N2S/c1-16(2,3)14-6-9-18(10-7-14)11-8-17-13-15-5-4-12-19-15/h4-5,12,14,17H,6-11,13H2,1-3H3. The van der Waals surface area contributed by atoms with Gasteiger partial charge in [-0.25, -0.2) is 0 Å². The van der Waals surface area contributed by atoms with E-state index in [1.807, 2.05) is 11.3 Å². The van der Waals surface area contributed by atoms with Gasteiger partial charge < -0.3 is 10.2 Å². The van der Waals surface area contributed by atoms with Gasteiger partial charge in [0.2, 0.25) is 0 Å². The first-order valence-electron chi connectivity index (χ1n) is 7.51. The first-order valence-corrected chi connectivity index (χ1v) is 8.39. The zero-order chi connectivity index (χ0) is 13.7. The first-order chi connectivity index (χ1) is 9.05. The van der Waals surface area contributed by atoms with E-state index in [1.165, 1.54) is 37.4 Å². The quantitative estimate of drug-likeness (QED) is 0.829. The molecule has 1 saturated heterocycles. The summed E-state index contributed by atoms with van der Waals surface area (Å²) in [5, 5.41) is 5.69. The first kappa shape index (κ1) is 15.0. The molecule has 1 aromatic rings. The fourth-order valence-corrected chi connectivity index (χ4v) is 3.56. The molecule has 1 aliphatic rings. The highest BCUT2D eigenvalue weighted by atomic mass is 32.1. The van der Waals surface area contributed by atoms with Crippen LogP contribution in [0.4, 0.5) is 0 Å². The molecule has 0 spiro atoms. The number of nitrogens with one attached hydrogen (secondary N) is 1. The summed E-state index contributed by atoms with van der Waals surface area (Å²) in [5.74, 6) is 0.905. The van der Waals surface area contributed by atoms with Crippen molar-refractivity contribution < 1.29 is 0 Å². The summed E-state index contributed by atoms with van der Waals surface area (Å²) < 4.78 is 0. The number of piperidine rings is 1. The third kappa shape index (κ3) is 4.90. The Morgan fingerprint density at radius 3 is 2.63 bits per heavy atom. The average Bonchev–Trinajstić information content (AvgIpc) is 2.87. The normalized spacial score (nSPS) is 18.9. The molecule has 0 atom stereocenters. The fourth-order valence-electron chi connectivity index (χ4n) is 2.88. The molecular weight excluding hydrogens is 252 g/mol. The molecule has 1 fully saturated rings. The van der Waals surface area contributed by atoms with Crippen molar-refractivity contribution in [3.8, 4) is 0 Å². The molecule has 0 radical (unpaired) electrons. The number of hydrogen-bond donors (Lipinski definition) is 1. The van der Waals surface area contributed by atoms with E-state index in [-0.39, 0.29) is 0 Å². The van der Waals surface area contributed by atoms with E-state index in [4.69, 9.17) is 0 Å². The van der Waals surface area contributed by atoms with Gasteiger partial charge in [-0.1, -0.05) is 26.8 Å². The largest absolute Gasteiger partial charge is 0.311 e. The van der Waals surface area contributed by atoms with Gasteiger partial charge in [-0.2, -0.15) is 0 Å². The Morgan fingerprint density at radius 2 is 2.05 bits per heavy atom. The maximum absolute atomic E-state index is 3.55. The van der Waals surface area contributed by atoms with Crippen molar-refractivity contribution in [2.75, 3.05) is 26.2 Å². The van der Waals surface area contributed by atoms with Crippen LogP contribution in [0.15, 0.2) is 17.5 Å². The lowest BCUT2D eigenvalue weighted by atomic mass is 9.75. The van der Waals surface area contributed by atoms with Crippen LogP contribution in [0.5, 0.6) is 0 Å². The zero-order valence-electron chi connectivity index (χ0n) is 12.6. The van der Waals surface area contributed by atoms with Crippen molar-refractivity contribution in [1.29, 1.82) is 0 Å². The van der Waals surface area contributed by atoms with Crippen molar-refractivity contribution in [2.24, 2.45) is 11.3 Å². The summed E-state index contributed by atoms with van der Waals surface area (Å²) in [4.78, 5) is 4.05. The topological polar surface area (TPSA) is 15.3 Å². The second-order valence-corrected chi connectivity index (χ2v) is 7.77. The Kier molecular flexibility index (Phi) is 5.43. The van der Waals surface area contributed by atoms with Crippen LogP contribution in [-0.2, 0) is 6.54 Å². The number of thiophene rings is 1. The predicted molar refractivity (Wildman–Crippen MR) is 84.6 cm³/mol. The van der Waals surface area contributed by atoms with E-state index in [0.717, 1.165) is 19.0 Å². The number of nitrogens with zero attached hydrogens (tertiary/aromatic N) is 1. The van der Waals surface area contributed by atoms with Gasteiger partial charge in [0, 0.05) is 24.5 Å². The van der Waals surface area contributed by atoms with E-state index < -0.39 is 0 Å². The number of rotatable bonds is 5. The predicted octanol–water partition coefficient (Wildman–Crippen LogP) is 3.60. The van der Waals surface area contributed by atoms with Gasteiger partial charge in [0.15, 0.2) is 0 Å². The van der Waals surface area contributed by atoms with Crippen LogP contribution in [0.3, 0.4) is 0 Å². The second kappa shape index (κ2) is 6.87.